The maximum atomic E-state index is 12.3. The van der Waals surface area contributed by atoms with Crippen molar-refractivity contribution >= 4 is 25.5 Å². The molecule has 1 atom stereocenters. The van der Waals surface area contributed by atoms with Gasteiger partial charge in [0.15, 0.2) is 6.10 Å². The predicted molar refractivity (Wildman–Crippen MR) is 146 cm³/mol. The molecular weight excluding hydrogens is 470 g/mol. The molecule has 0 spiro atoms. The minimum absolute atomic E-state index is 0.368. The highest BCUT2D eigenvalue weighted by atomic mass is 32.1. The Hall–Kier alpha value is -3.39. The first-order valence-electron chi connectivity index (χ1n) is 11.2. The van der Waals surface area contributed by atoms with Crippen LogP contribution in [0.25, 0.3) is 0 Å². The zero-order valence-corrected chi connectivity index (χ0v) is 23.2. The number of amides is 1. The molecule has 0 saturated carbocycles. The maximum Gasteiger partial charge on any atom is 0.410 e. The van der Waals surface area contributed by atoms with Crippen molar-refractivity contribution in [2.24, 2.45) is 0 Å². The van der Waals surface area contributed by atoms with Gasteiger partial charge >= 0.3 is 6.09 Å². The second kappa shape index (κ2) is 12.4. The van der Waals surface area contributed by atoms with Crippen molar-refractivity contribution < 1.29 is 14.6 Å². The molecule has 1 N–H and O–H groups in total. The maximum absolute atomic E-state index is 12.3. The van der Waals surface area contributed by atoms with E-state index < -0.39 is 25.9 Å². The van der Waals surface area contributed by atoms with E-state index in [9.17, 15) is 9.90 Å². The summed E-state index contributed by atoms with van der Waals surface area (Å²) in [4.78, 5) is 14.5. The van der Waals surface area contributed by atoms with Crippen molar-refractivity contribution in [3.63, 3.8) is 0 Å². The zero-order valence-electron chi connectivity index (χ0n) is 21.4. The van der Waals surface area contributed by atoms with Gasteiger partial charge in [-0.1, -0.05) is 55.6 Å². The number of carbonyl (C=O) groups excluding carboxylic acids is 1. The Balaban J connectivity index is 2.14. The molecule has 1 aromatic heterocycles. The Bertz CT molecular complexity index is 1300. The van der Waals surface area contributed by atoms with E-state index in [0.29, 0.717) is 17.0 Å². The third-order valence-corrected chi connectivity index (χ3v) is 6.08. The monoisotopic (exact) mass is 501 g/mol. The van der Waals surface area contributed by atoms with Gasteiger partial charge in [-0.3, -0.25) is 0 Å². The van der Waals surface area contributed by atoms with Crippen LogP contribution in [0.2, 0.25) is 19.6 Å². The normalized spacial score (nSPS) is 11.2. The van der Waals surface area contributed by atoms with Crippen LogP contribution in [0.5, 0.6) is 0 Å². The lowest BCUT2D eigenvalue weighted by Crippen LogP contribution is -2.33. The Morgan fingerprint density at radius 2 is 1.71 bits per heavy atom. The molecule has 1 heterocycles. The summed E-state index contributed by atoms with van der Waals surface area (Å²) >= 11 is 1.40. The lowest BCUT2D eigenvalue weighted by molar-refractivity contribution is 0.0285. The van der Waals surface area contributed by atoms with E-state index in [1.54, 1.807) is 7.05 Å². The summed E-state index contributed by atoms with van der Waals surface area (Å²) in [7, 11) is 0.205. The van der Waals surface area contributed by atoms with E-state index in [0.717, 1.165) is 11.1 Å². The molecule has 0 aliphatic carbocycles. The second-order valence-electron chi connectivity index (χ2n) is 9.86. The van der Waals surface area contributed by atoms with Crippen LogP contribution in [-0.4, -0.2) is 36.8 Å². The Morgan fingerprint density at radius 3 is 2.37 bits per heavy atom. The van der Waals surface area contributed by atoms with Crippen LogP contribution in [0.3, 0.4) is 0 Å². The highest BCUT2D eigenvalue weighted by Gasteiger charge is 2.20. The first kappa shape index (κ1) is 27.8. The lowest BCUT2D eigenvalue weighted by atomic mass is 10.1. The third-order valence-electron chi connectivity index (χ3n) is 4.24. The van der Waals surface area contributed by atoms with Gasteiger partial charge in [0, 0.05) is 24.7 Å². The van der Waals surface area contributed by atoms with Gasteiger partial charge in [-0.15, -0.1) is 16.9 Å². The van der Waals surface area contributed by atoms with E-state index >= 15 is 0 Å². The number of aliphatic hydroxyl groups excluding tert-OH is 1. The standard InChI is InChI=1S/C29H31NO3SSi/c1-29(2,3)33-28(32)30(4)22-25-17-11-9-15-23(25)14-8-10-16-24-19-20-34-27(24)26(31)18-12-13-21-35(5,6)7/h9,11,15,17,19-20,26,31H,22H2,1-7H3. The van der Waals surface area contributed by atoms with Crippen LogP contribution >= 0.6 is 11.3 Å². The van der Waals surface area contributed by atoms with Crippen molar-refractivity contribution in [2.45, 2.75) is 58.7 Å². The summed E-state index contributed by atoms with van der Waals surface area (Å²) in [5, 5.41) is 12.3. The predicted octanol–water partition coefficient (Wildman–Crippen LogP) is 5.44. The van der Waals surface area contributed by atoms with Crippen molar-refractivity contribution in [2.75, 3.05) is 7.05 Å². The number of carbonyl (C=O) groups is 1. The summed E-state index contributed by atoms with van der Waals surface area (Å²) in [5.41, 5.74) is 4.99. The molecule has 180 valence electrons. The molecule has 1 unspecified atom stereocenters. The highest BCUT2D eigenvalue weighted by molar-refractivity contribution is 7.10. The van der Waals surface area contributed by atoms with Gasteiger partial charge in [0.25, 0.3) is 0 Å². The fourth-order valence-electron chi connectivity index (χ4n) is 2.66. The van der Waals surface area contributed by atoms with Gasteiger partial charge in [-0.05, 0) is 67.5 Å². The first-order valence-corrected chi connectivity index (χ1v) is 15.6. The van der Waals surface area contributed by atoms with Crippen molar-refractivity contribution in [3.05, 3.63) is 57.3 Å². The number of aliphatic hydroxyl groups is 1. The van der Waals surface area contributed by atoms with Crippen LogP contribution in [0.15, 0.2) is 35.7 Å². The van der Waals surface area contributed by atoms with Gasteiger partial charge in [-0.2, -0.15) is 0 Å². The number of rotatable bonds is 3. The summed E-state index contributed by atoms with van der Waals surface area (Å²) in [5.74, 6) is 20.2. The summed E-state index contributed by atoms with van der Waals surface area (Å²) in [6, 6.07) is 9.46. The molecule has 0 aliphatic rings. The van der Waals surface area contributed by atoms with Gasteiger partial charge in [0.1, 0.15) is 13.7 Å². The van der Waals surface area contributed by atoms with Crippen LogP contribution in [-0.2, 0) is 11.3 Å². The zero-order chi connectivity index (χ0) is 26.1. The molecule has 4 nitrogen and oxygen atoms in total. The first-order chi connectivity index (χ1) is 16.4. The van der Waals surface area contributed by atoms with Crippen LogP contribution < -0.4 is 0 Å². The number of thiophene rings is 1. The molecule has 1 aromatic carbocycles. The average Bonchev–Trinajstić information content (AvgIpc) is 3.22. The molecule has 0 fully saturated rings. The molecule has 2 rings (SSSR count). The molecular formula is C29H31NO3SSi. The van der Waals surface area contributed by atoms with Crippen LogP contribution in [0, 0.1) is 47.0 Å². The fourth-order valence-corrected chi connectivity index (χ4v) is 3.88. The van der Waals surface area contributed by atoms with Gasteiger partial charge in [0.2, 0.25) is 0 Å². The number of ether oxygens (including phenoxy) is 1. The summed E-state index contributed by atoms with van der Waals surface area (Å²) < 4.78 is 5.42. The topological polar surface area (TPSA) is 49.8 Å². The largest absolute Gasteiger partial charge is 0.444 e. The molecule has 0 radical (unpaired) electrons. The Morgan fingerprint density at radius 1 is 1.06 bits per heavy atom. The molecule has 0 saturated heterocycles. The number of nitrogens with zero attached hydrogens (tertiary/aromatic N) is 1. The average molecular weight is 502 g/mol. The lowest BCUT2D eigenvalue weighted by Gasteiger charge is -2.25. The van der Waals surface area contributed by atoms with Crippen LogP contribution in [0.1, 0.15) is 48.4 Å². The SMILES string of the molecule is CN(Cc1ccccc1C#CC#Cc1ccsc1C(O)C#CC#C[Si](C)(C)C)C(=O)OC(C)(C)C. The molecule has 35 heavy (non-hydrogen) atoms. The van der Waals surface area contributed by atoms with E-state index in [1.165, 1.54) is 16.2 Å². The summed E-state index contributed by atoms with van der Waals surface area (Å²) in [6.07, 6.45) is -1.33. The number of hydrogen-bond acceptors (Lipinski definition) is 4. The van der Waals surface area contributed by atoms with Crippen molar-refractivity contribution in [1.29, 1.82) is 0 Å². The molecule has 0 bridgehead atoms. The minimum Gasteiger partial charge on any atom is -0.444 e. The summed E-state index contributed by atoms with van der Waals surface area (Å²) in [6.45, 7) is 12.3. The fraction of sp³-hybridized carbons (Fsp3) is 0.345. The Kier molecular flexibility index (Phi) is 9.83. The second-order valence-corrected chi connectivity index (χ2v) is 15.6. The van der Waals surface area contributed by atoms with E-state index in [-0.39, 0.29) is 0 Å². The number of benzene rings is 1. The molecule has 6 heteroatoms. The molecule has 2 aromatic rings. The van der Waals surface area contributed by atoms with E-state index in [4.69, 9.17) is 4.74 Å². The van der Waals surface area contributed by atoms with Crippen LogP contribution in [0.4, 0.5) is 4.79 Å². The van der Waals surface area contributed by atoms with E-state index in [1.807, 2.05) is 56.5 Å². The highest BCUT2D eigenvalue weighted by Crippen LogP contribution is 2.23. The quantitative estimate of drug-likeness (QED) is 0.450. The third kappa shape index (κ3) is 10.2. The van der Waals surface area contributed by atoms with Gasteiger partial charge in [-0.25, -0.2) is 4.79 Å². The molecule has 0 aliphatic heterocycles. The Labute approximate surface area is 214 Å². The van der Waals surface area contributed by atoms with Crippen molar-refractivity contribution in [3.8, 4) is 47.0 Å². The van der Waals surface area contributed by atoms with Gasteiger partial charge in [0.05, 0.1) is 4.88 Å². The molecule has 1 amide bonds. The van der Waals surface area contributed by atoms with E-state index in [2.05, 4.69) is 66.6 Å². The van der Waals surface area contributed by atoms with Crippen molar-refractivity contribution in [1.82, 2.24) is 4.90 Å². The smallest absolute Gasteiger partial charge is 0.410 e. The minimum atomic E-state index is -1.49. The number of hydrogen-bond donors (Lipinski definition) is 1. The van der Waals surface area contributed by atoms with Gasteiger partial charge < -0.3 is 14.7 Å².